The van der Waals surface area contributed by atoms with Gasteiger partial charge in [0.1, 0.15) is 5.60 Å². The van der Waals surface area contributed by atoms with Crippen LogP contribution < -0.4 is 10.6 Å². The van der Waals surface area contributed by atoms with Gasteiger partial charge in [-0.3, -0.25) is 0 Å². The van der Waals surface area contributed by atoms with Crippen LogP contribution >= 0.6 is 0 Å². The second-order valence-corrected chi connectivity index (χ2v) is 7.15. The van der Waals surface area contributed by atoms with E-state index in [9.17, 15) is 4.79 Å². The van der Waals surface area contributed by atoms with Gasteiger partial charge in [0.05, 0.1) is 0 Å². The SMILES string of the molecule is CC1CCCC(C)C1NCCCNC(=O)OC(C)(C)C. The van der Waals surface area contributed by atoms with Gasteiger partial charge in [0.25, 0.3) is 0 Å². The van der Waals surface area contributed by atoms with Crippen molar-refractivity contribution in [2.24, 2.45) is 11.8 Å². The molecule has 0 saturated heterocycles. The molecule has 1 rings (SSSR count). The lowest BCUT2D eigenvalue weighted by Gasteiger charge is -2.35. The third-order valence-corrected chi connectivity index (χ3v) is 3.95. The second kappa shape index (κ2) is 7.87. The van der Waals surface area contributed by atoms with Crippen LogP contribution in [0.15, 0.2) is 0 Å². The van der Waals surface area contributed by atoms with Gasteiger partial charge in [0.2, 0.25) is 0 Å². The Kier molecular flexibility index (Phi) is 6.80. The minimum Gasteiger partial charge on any atom is -0.444 e. The molecule has 0 heterocycles. The molecular formula is C16H32N2O2. The maximum atomic E-state index is 11.5. The normalized spacial score (nSPS) is 27.1. The van der Waals surface area contributed by atoms with Crippen molar-refractivity contribution in [3.8, 4) is 0 Å². The molecule has 1 fully saturated rings. The highest BCUT2D eigenvalue weighted by atomic mass is 16.6. The average Bonchev–Trinajstić information content (AvgIpc) is 2.29. The Labute approximate surface area is 124 Å². The van der Waals surface area contributed by atoms with E-state index in [0.29, 0.717) is 12.6 Å². The zero-order chi connectivity index (χ0) is 15.2. The molecule has 20 heavy (non-hydrogen) atoms. The fraction of sp³-hybridized carbons (Fsp3) is 0.938. The van der Waals surface area contributed by atoms with Crippen molar-refractivity contribution < 1.29 is 9.53 Å². The minimum absolute atomic E-state index is 0.322. The van der Waals surface area contributed by atoms with Gasteiger partial charge in [-0.2, -0.15) is 0 Å². The van der Waals surface area contributed by atoms with Gasteiger partial charge in [-0.15, -0.1) is 0 Å². The first-order chi connectivity index (χ1) is 9.29. The number of nitrogens with one attached hydrogen (secondary N) is 2. The highest BCUT2D eigenvalue weighted by Gasteiger charge is 2.26. The molecule has 4 heteroatoms. The van der Waals surface area contributed by atoms with Crippen LogP contribution in [0.2, 0.25) is 0 Å². The summed E-state index contributed by atoms with van der Waals surface area (Å²) in [4.78, 5) is 11.5. The molecular weight excluding hydrogens is 252 g/mol. The summed E-state index contributed by atoms with van der Waals surface area (Å²) in [7, 11) is 0. The highest BCUT2D eigenvalue weighted by molar-refractivity contribution is 5.67. The number of amides is 1. The van der Waals surface area contributed by atoms with Crippen molar-refractivity contribution in [1.29, 1.82) is 0 Å². The summed E-state index contributed by atoms with van der Waals surface area (Å²) in [6.45, 7) is 11.9. The van der Waals surface area contributed by atoms with Crippen molar-refractivity contribution in [1.82, 2.24) is 10.6 Å². The Morgan fingerprint density at radius 3 is 2.30 bits per heavy atom. The topological polar surface area (TPSA) is 50.4 Å². The lowest BCUT2D eigenvalue weighted by molar-refractivity contribution is 0.0527. The standard InChI is InChI=1S/C16H32N2O2/c1-12-8-6-9-13(2)14(12)17-10-7-11-18-15(19)20-16(3,4)5/h12-14,17H,6-11H2,1-5H3,(H,18,19). The number of hydrogen-bond acceptors (Lipinski definition) is 3. The van der Waals surface area contributed by atoms with Crippen LogP contribution in [0.25, 0.3) is 0 Å². The minimum atomic E-state index is -0.421. The van der Waals surface area contributed by atoms with Crippen LogP contribution in [0.5, 0.6) is 0 Å². The summed E-state index contributed by atoms with van der Waals surface area (Å²) >= 11 is 0. The van der Waals surface area contributed by atoms with E-state index in [1.807, 2.05) is 20.8 Å². The van der Waals surface area contributed by atoms with E-state index in [4.69, 9.17) is 4.74 Å². The first-order valence-corrected chi connectivity index (χ1v) is 8.00. The lowest BCUT2D eigenvalue weighted by atomic mass is 9.79. The van der Waals surface area contributed by atoms with E-state index < -0.39 is 5.60 Å². The number of ether oxygens (including phenoxy) is 1. The molecule has 0 radical (unpaired) electrons. The Balaban J connectivity index is 2.11. The molecule has 2 unspecified atom stereocenters. The van der Waals surface area contributed by atoms with Crippen molar-refractivity contribution >= 4 is 6.09 Å². The molecule has 0 aromatic carbocycles. The molecule has 1 amide bonds. The Hall–Kier alpha value is -0.770. The quantitative estimate of drug-likeness (QED) is 0.761. The van der Waals surface area contributed by atoms with Crippen molar-refractivity contribution in [2.45, 2.75) is 71.9 Å². The summed E-state index contributed by atoms with van der Waals surface area (Å²) in [5.74, 6) is 1.52. The third-order valence-electron chi connectivity index (χ3n) is 3.95. The molecule has 0 aromatic heterocycles. The van der Waals surface area contributed by atoms with E-state index in [1.54, 1.807) is 0 Å². The predicted octanol–water partition coefficient (Wildman–Crippen LogP) is 3.32. The summed E-state index contributed by atoms with van der Waals surface area (Å²) in [6.07, 6.45) is 4.64. The maximum absolute atomic E-state index is 11.5. The number of carbonyl (C=O) groups excluding carboxylic acids is 1. The molecule has 0 aliphatic heterocycles. The van der Waals surface area contributed by atoms with E-state index in [-0.39, 0.29) is 6.09 Å². The monoisotopic (exact) mass is 284 g/mol. The zero-order valence-corrected chi connectivity index (χ0v) is 13.8. The van der Waals surface area contributed by atoms with E-state index in [1.165, 1.54) is 19.3 Å². The van der Waals surface area contributed by atoms with Crippen molar-refractivity contribution in [3.63, 3.8) is 0 Å². The summed E-state index contributed by atoms with van der Waals surface area (Å²) in [6, 6.07) is 0.630. The molecule has 2 N–H and O–H groups in total. The molecule has 0 aromatic rings. The highest BCUT2D eigenvalue weighted by Crippen LogP contribution is 2.28. The van der Waals surface area contributed by atoms with Gasteiger partial charge in [0.15, 0.2) is 0 Å². The fourth-order valence-electron chi connectivity index (χ4n) is 2.95. The van der Waals surface area contributed by atoms with Crippen LogP contribution in [0, 0.1) is 11.8 Å². The van der Waals surface area contributed by atoms with E-state index in [2.05, 4.69) is 24.5 Å². The van der Waals surface area contributed by atoms with Crippen LogP contribution in [0.3, 0.4) is 0 Å². The Bertz CT molecular complexity index is 289. The van der Waals surface area contributed by atoms with Gasteiger partial charge < -0.3 is 15.4 Å². The molecule has 4 nitrogen and oxygen atoms in total. The van der Waals surface area contributed by atoms with Gasteiger partial charge in [-0.25, -0.2) is 4.79 Å². The smallest absolute Gasteiger partial charge is 0.407 e. The molecule has 2 atom stereocenters. The number of hydrogen-bond donors (Lipinski definition) is 2. The van der Waals surface area contributed by atoms with Gasteiger partial charge in [0, 0.05) is 12.6 Å². The maximum Gasteiger partial charge on any atom is 0.407 e. The van der Waals surface area contributed by atoms with Crippen LogP contribution in [0.4, 0.5) is 4.79 Å². The second-order valence-electron chi connectivity index (χ2n) is 7.15. The Morgan fingerprint density at radius 1 is 1.15 bits per heavy atom. The molecule has 0 spiro atoms. The largest absolute Gasteiger partial charge is 0.444 e. The predicted molar refractivity (Wildman–Crippen MR) is 82.8 cm³/mol. The first-order valence-electron chi connectivity index (χ1n) is 8.00. The van der Waals surface area contributed by atoms with Crippen molar-refractivity contribution in [3.05, 3.63) is 0 Å². The lowest BCUT2D eigenvalue weighted by Crippen LogP contribution is -2.43. The van der Waals surface area contributed by atoms with Gasteiger partial charge in [-0.1, -0.05) is 20.3 Å². The number of carbonyl (C=O) groups is 1. The molecule has 1 aliphatic rings. The first kappa shape index (κ1) is 17.3. The van der Waals surface area contributed by atoms with Crippen LogP contribution in [-0.4, -0.2) is 30.8 Å². The fourth-order valence-corrected chi connectivity index (χ4v) is 2.95. The summed E-state index contributed by atoms with van der Waals surface area (Å²) in [5.41, 5.74) is -0.421. The summed E-state index contributed by atoms with van der Waals surface area (Å²) < 4.78 is 5.20. The molecule has 1 saturated carbocycles. The number of alkyl carbamates (subject to hydrolysis) is 1. The zero-order valence-electron chi connectivity index (χ0n) is 13.8. The van der Waals surface area contributed by atoms with Crippen LogP contribution in [-0.2, 0) is 4.74 Å². The molecule has 118 valence electrons. The van der Waals surface area contributed by atoms with Gasteiger partial charge >= 0.3 is 6.09 Å². The van der Waals surface area contributed by atoms with Crippen molar-refractivity contribution in [2.75, 3.05) is 13.1 Å². The molecule has 0 bridgehead atoms. The third kappa shape index (κ3) is 6.60. The van der Waals surface area contributed by atoms with Gasteiger partial charge in [-0.05, 0) is 58.4 Å². The average molecular weight is 284 g/mol. The Morgan fingerprint density at radius 2 is 1.75 bits per heavy atom. The number of rotatable bonds is 5. The van der Waals surface area contributed by atoms with E-state index >= 15 is 0 Å². The summed E-state index contributed by atoms with van der Waals surface area (Å²) in [5, 5.41) is 6.45. The van der Waals surface area contributed by atoms with Crippen LogP contribution in [0.1, 0.15) is 60.3 Å². The molecule has 1 aliphatic carbocycles. The van der Waals surface area contributed by atoms with E-state index in [0.717, 1.165) is 24.8 Å².